The molecular formula is C2H18LaO13-2. The third-order valence-electron chi connectivity index (χ3n) is 0.167. The van der Waals surface area contributed by atoms with Gasteiger partial charge in [-0.3, -0.25) is 0 Å². The molecule has 0 rings (SSSR count). The molecule has 0 aromatic carbocycles. The van der Waals surface area contributed by atoms with E-state index in [1.165, 1.54) is 0 Å². The first-order valence-electron chi connectivity index (χ1n) is 1.07. The van der Waals surface area contributed by atoms with Crippen LogP contribution < -0.4 is 10.2 Å². The summed E-state index contributed by atoms with van der Waals surface area (Å²) < 4.78 is 0. The van der Waals surface area contributed by atoms with E-state index < -0.39 is 11.9 Å². The standard InChI is InChI=1S/C2H2O4.La.9H2O/c3-1(4)2(5)6;;;;;;;;;;/h(H,3,4)(H,5,6);;9*1H2/p-2. The average molecular weight is 389 g/mol. The zero-order valence-electron chi connectivity index (χ0n) is 7.71. The third-order valence-corrected chi connectivity index (χ3v) is 0.167. The van der Waals surface area contributed by atoms with E-state index in [2.05, 4.69) is 0 Å². The van der Waals surface area contributed by atoms with Crippen molar-refractivity contribution in [2.45, 2.75) is 0 Å². The Morgan fingerprint density at radius 2 is 0.562 bits per heavy atom. The van der Waals surface area contributed by atoms with Crippen LogP contribution in [0.5, 0.6) is 0 Å². The summed E-state index contributed by atoms with van der Waals surface area (Å²) in [6.45, 7) is 0. The molecule has 0 aliphatic carbocycles. The van der Waals surface area contributed by atoms with E-state index in [4.69, 9.17) is 19.8 Å². The maximum absolute atomic E-state index is 8.93. The molecule has 1 radical (unpaired) electrons. The number of hydrogen-bond acceptors (Lipinski definition) is 4. The molecule has 0 unspecified atom stereocenters. The van der Waals surface area contributed by atoms with Crippen LogP contribution in [0.3, 0.4) is 0 Å². The summed E-state index contributed by atoms with van der Waals surface area (Å²) in [7, 11) is 0. The van der Waals surface area contributed by atoms with Gasteiger partial charge in [-0.1, -0.05) is 0 Å². The van der Waals surface area contributed by atoms with Gasteiger partial charge in [0.15, 0.2) is 0 Å². The van der Waals surface area contributed by atoms with Crippen molar-refractivity contribution in [3.05, 3.63) is 0 Å². The van der Waals surface area contributed by atoms with Gasteiger partial charge in [0, 0.05) is 35.6 Å². The second-order valence-corrected chi connectivity index (χ2v) is 0.575. The summed E-state index contributed by atoms with van der Waals surface area (Å²) in [5, 5.41) is 17.9. The quantitative estimate of drug-likeness (QED) is 0.364. The van der Waals surface area contributed by atoms with Crippen molar-refractivity contribution in [2.75, 3.05) is 0 Å². The van der Waals surface area contributed by atoms with Crippen molar-refractivity contribution in [3.8, 4) is 0 Å². The first kappa shape index (κ1) is 151. The average Bonchev–Trinajstić information content (AvgIpc) is 1.36. The van der Waals surface area contributed by atoms with Crippen molar-refractivity contribution < 1.29 is 105 Å². The number of hydrogen-bond donors (Lipinski definition) is 0. The molecule has 0 bridgehead atoms. The van der Waals surface area contributed by atoms with Gasteiger partial charge in [0.1, 0.15) is 0 Å². The molecule has 0 heterocycles. The molecule has 0 aromatic rings. The van der Waals surface area contributed by atoms with Crippen LogP contribution in [0.25, 0.3) is 0 Å². The molecule has 0 aliphatic heterocycles. The van der Waals surface area contributed by atoms with Crippen LogP contribution >= 0.6 is 0 Å². The maximum Gasteiger partial charge on any atom is 0.0870 e. The zero-order valence-corrected chi connectivity index (χ0v) is 11.3. The molecule has 16 heavy (non-hydrogen) atoms. The van der Waals surface area contributed by atoms with Gasteiger partial charge >= 0.3 is 0 Å². The Bertz CT molecular complexity index is 79.9. The first-order valence-corrected chi connectivity index (χ1v) is 1.07. The largest absolute Gasteiger partial charge is 0.543 e. The van der Waals surface area contributed by atoms with Crippen molar-refractivity contribution in [3.63, 3.8) is 0 Å². The fourth-order valence-corrected chi connectivity index (χ4v) is 0. The van der Waals surface area contributed by atoms with Crippen LogP contribution in [0, 0.1) is 35.6 Å². The molecule has 0 saturated carbocycles. The molecule has 0 aliphatic rings. The van der Waals surface area contributed by atoms with E-state index in [0.29, 0.717) is 0 Å². The number of carboxylic acid groups (broad SMARTS) is 2. The molecule has 0 spiro atoms. The number of carboxylic acids is 2. The second-order valence-electron chi connectivity index (χ2n) is 0.575. The van der Waals surface area contributed by atoms with Gasteiger partial charge in [-0.05, 0) is 0 Å². The summed E-state index contributed by atoms with van der Waals surface area (Å²) in [5.74, 6) is -4.37. The Hall–Kier alpha value is -0.225. The monoisotopic (exact) mass is 389 g/mol. The Morgan fingerprint density at radius 1 is 0.500 bits per heavy atom. The van der Waals surface area contributed by atoms with Crippen molar-refractivity contribution >= 4 is 11.9 Å². The molecule has 0 aromatic heterocycles. The third kappa shape index (κ3) is 158. The van der Waals surface area contributed by atoms with Crippen molar-refractivity contribution in [1.82, 2.24) is 0 Å². The van der Waals surface area contributed by atoms with Crippen LogP contribution in [-0.2, 0) is 9.59 Å². The normalized spacial score (nSPS) is 2.75. The van der Waals surface area contributed by atoms with E-state index in [1.54, 1.807) is 0 Å². The summed E-state index contributed by atoms with van der Waals surface area (Å²) in [4.78, 5) is 17.9. The maximum atomic E-state index is 8.93. The molecular weight excluding hydrogens is 371 g/mol. The van der Waals surface area contributed by atoms with Gasteiger partial charge in [-0.25, -0.2) is 0 Å². The van der Waals surface area contributed by atoms with Crippen LogP contribution in [0.15, 0.2) is 0 Å². The first-order chi connectivity index (χ1) is 2.64. The summed E-state index contributed by atoms with van der Waals surface area (Å²) in [6.07, 6.45) is 0. The minimum Gasteiger partial charge on any atom is -0.543 e. The summed E-state index contributed by atoms with van der Waals surface area (Å²) in [6, 6.07) is 0. The molecule has 13 nitrogen and oxygen atoms in total. The van der Waals surface area contributed by atoms with Crippen LogP contribution in [0.2, 0.25) is 0 Å². The van der Waals surface area contributed by atoms with Crippen LogP contribution in [0.4, 0.5) is 0 Å². The van der Waals surface area contributed by atoms with Gasteiger partial charge in [-0.15, -0.1) is 0 Å². The van der Waals surface area contributed by atoms with Gasteiger partial charge in [0.2, 0.25) is 0 Å². The van der Waals surface area contributed by atoms with Gasteiger partial charge < -0.3 is 69.1 Å². The van der Waals surface area contributed by atoms with E-state index >= 15 is 0 Å². The van der Waals surface area contributed by atoms with Crippen molar-refractivity contribution in [2.24, 2.45) is 0 Å². The summed E-state index contributed by atoms with van der Waals surface area (Å²) >= 11 is 0. The Morgan fingerprint density at radius 3 is 0.562 bits per heavy atom. The fourth-order valence-electron chi connectivity index (χ4n) is 0. The van der Waals surface area contributed by atoms with Crippen molar-refractivity contribution in [1.29, 1.82) is 0 Å². The predicted octanol–water partition coefficient (Wildman–Crippen LogP) is -10.9. The van der Waals surface area contributed by atoms with Gasteiger partial charge in [-0.2, -0.15) is 0 Å². The molecule has 109 valence electrons. The Balaban J connectivity index is -0.00000000278. The minimum atomic E-state index is -2.19. The van der Waals surface area contributed by atoms with Gasteiger partial charge in [0.25, 0.3) is 0 Å². The van der Waals surface area contributed by atoms with E-state index in [-0.39, 0.29) is 84.9 Å². The molecule has 0 saturated heterocycles. The Kier molecular flexibility index (Phi) is 794. The van der Waals surface area contributed by atoms with Gasteiger partial charge in [0.05, 0.1) is 11.9 Å². The SMILES string of the molecule is O.O.O.O.O.O.O.O.O.O=C([O-])C(=O)[O-].[La]. The van der Waals surface area contributed by atoms with Crippen LogP contribution in [-0.4, -0.2) is 61.2 Å². The number of carbonyl (C=O) groups is 2. The molecule has 18 N–H and O–H groups in total. The smallest absolute Gasteiger partial charge is 0.0870 e. The van der Waals surface area contributed by atoms with E-state index in [9.17, 15) is 0 Å². The topological polar surface area (TPSA) is 364 Å². The molecule has 0 fully saturated rings. The number of aliphatic carboxylic acids is 2. The summed E-state index contributed by atoms with van der Waals surface area (Å²) in [5.41, 5.74) is 0. The predicted molar refractivity (Wildman–Crippen MR) is 42.5 cm³/mol. The number of rotatable bonds is 0. The second kappa shape index (κ2) is 84.1. The van der Waals surface area contributed by atoms with E-state index in [1.807, 2.05) is 0 Å². The Labute approximate surface area is 116 Å². The van der Waals surface area contributed by atoms with E-state index in [0.717, 1.165) is 0 Å². The minimum absolute atomic E-state index is 0. The molecule has 0 amide bonds. The molecule has 0 atom stereocenters. The van der Waals surface area contributed by atoms with Crippen LogP contribution in [0.1, 0.15) is 0 Å². The zero-order chi connectivity index (χ0) is 5.15. The molecule has 14 heteroatoms. The fraction of sp³-hybridized carbons (Fsp3) is 0. The number of carbonyl (C=O) groups excluding carboxylic acids is 2.